The number of fused-ring (bicyclic) bond motifs is 9. The number of anilines is 3. The van der Waals surface area contributed by atoms with Crippen molar-refractivity contribution in [1.29, 1.82) is 0 Å². The molecule has 0 amide bonds. The van der Waals surface area contributed by atoms with Crippen LogP contribution in [0, 0.1) is 0 Å². The minimum atomic E-state index is 0.871. The number of aromatic nitrogens is 1. The van der Waals surface area contributed by atoms with Crippen LogP contribution in [0.1, 0.15) is 0 Å². The molecule has 0 aliphatic rings. The number of nitrogens with zero attached hydrogens (tertiary/aromatic N) is 2. The predicted octanol–water partition coefficient (Wildman–Crippen LogP) is 15.8. The molecule has 0 bridgehead atoms. The lowest BCUT2D eigenvalue weighted by molar-refractivity contribution is 0.670. The fourth-order valence-electron chi connectivity index (χ4n) is 9.22. The van der Waals surface area contributed by atoms with Crippen molar-refractivity contribution in [1.82, 2.24) is 4.57 Å². The summed E-state index contributed by atoms with van der Waals surface area (Å²) in [5, 5.41) is 9.60. The first kappa shape index (κ1) is 33.3. The van der Waals surface area contributed by atoms with Crippen LogP contribution < -0.4 is 4.90 Å². The molecule has 3 heteroatoms. The van der Waals surface area contributed by atoms with Gasteiger partial charge in [-0.05, 0) is 105 Å². The van der Waals surface area contributed by atoms with Crippen LogP contribution in [0.2, 0.25) is 0 Å². The minimum absolute atomic E-state index is 0.871. The molecule has 276 valence electrons. The van der Waals surface area contributed by atoms with Gasteiger partial charge in [-0.1, -0.05) is 152 Å². The van der Waals surface area contributed by atoms with E-state index in [4.69, 9.17) is 4.42 Å². The third-order valence-corrected chi connectivity index (χ3v) is 12.0. The molecule has 0 atom stereocenters. The van der Waals surface area contributed by atoms with Gasteiger partial charge in [0.2, 0.25) is 0 Å². The fourth-order valence-corrected chi connectivity index (χ4v) is 9.22. The molecule has 0 N–H and O–H groups in total. The fraction of sp³-hybridized carbons (Fsp3) is 0. The first-order chi connectivity index (χ1) is 29.3. The molecule has 0 aliphatic heterocycles. The van der Waals surface area contributed by atoms with Gasteiger partial charge in [0.15, 0.2) is 0 Å². The van der Waals surface area contributed by atoms with Gasteiger partial charge >= 0.3 is 0 Å². The molecular weight excluding hydrogens is 717 g/mol. The van der Waals surface area contributed by atoms with Crippen molar-refractivity contribution < 1.29 is 4.42 Å². The molecule has 2 aromatic heterocycles. The third-order valence-electron chi connectivity index (χ3n) is 12.0. The van der Waals surface area contributed by atoms with E-state index < -0.39 is 0 Å². The molecule has 0 saturated carbocycles. The Hall–Kier alpha value is -7.88. The average Bonchev–Trinajstić information content (AvgIpc) is 3.86. The van der Waals surface area contributed by atoms with Gasteiger partial charge in [-0.3, -0.25) is 0 Å². The normalized spacial score (nSPS) is 11.7. The Balaban J connectivity index is 1.05. The first-order valence-electron chi connectivity index (χ1n) is 20.2. The van der Waals surface area contributed by atoms with Crippen LogP contribution >= 0.6 is 0 Å². The molecule has 0 fully saturated rings. The average molecular weight is 753 g/mol. The summed E-state index contributed by atoms with van der Waals surface area (Å²) in [6.07, 6.45) is 0. The van der Waals surface area contributed by atoms with Crippen LogP contribution in [-0.2, 0) is 0 Å². The molecule has 0 radical (unpaired) electrons. The lowest BCUT2D eigenvalue weighted by atomic mass is 9.98. The van der Waals surface area contributed by atoms with Gasteiger partial charge in [0.05, 0.1) is 22.1 Å². The molecule has 3 nitrogen and oxygen atoms in total. The molecule has 0 spiro atoms. The smallest absolute Gasteiger partial charge is 0.145 e. The topological polar surface area (TPSA) is 21.3 Å². The second-order valence-electron chi connectivity index (χ2n) is 15.3. The molecule has 0 saturated heterocycles. The Labute approximate surface area is 341 Å². The van der Waals surface area contributed by atoms with Gasteiger partial charge in [-0.15, -0.1) is 0 Å². The monoisotopic (exact) mass is 752 g/mol. The summed E-state index contributed by atoms with van der Waals surface area (Å²) >= 11 is 0. The number of rotatable bonds is 6. The van der Waals surface area contributed by atoms with Crippen LogP contribution in [0.15, 0.2) is 223 Å². The highest BCUT2D eigenvalue weighted by atomic mass is 16.3. The third kappa shape index (κ3) is 5.36. The van der Waals surface area contributed by atoms with Crippen molar-refractivity contribution in [3.8, 4) is 27.9 Å². The van der Waals surface area contributed by atoms with E-state index in [1.54, 1.807) is 0 Å². The van der Waals surface area contributed by atoms with Gasteiger partial charge in [-0.2, -0.15) is 0 Å². The second-order valence-corrected chi connectivity index (χ2v) is 15.3. The maximum absolute atomic E-state index is 6.77. The Morgan fingerprint density at radius 1 is 0.373 bits per heavy atom. The van der Waals surface area contributed by atoms with Crippen LogP contribution in [0.5, 0.6) is 0 Å². The molecular formula is C56H36N2O. The van der Waals surface area contributed by atoms with Crippen molar-refractivity contribution in [3.05, 3.63) is 218 Å². The summed E-state index contributed by atoms with van der Waals surface area (Å²) in [6.45, 7) is 0. The van der Waals surface area contributed by atoms with Gasteiger partial charge in [0.25, 0.3) is 0 Å². The lowest BCUT2D eigenvalue weighted by Crippen LogP contribution is -2.10. The van der Waals surface area contributed by atoms with E-state index in [9.17, 15) is 0 Å². The molecule has 2 heterocycles. The highest BCUT2D eigenvalue weighted by Crippen LogP contribution is 2.47. The van der Waals surface area contributed by atoms with Crippen LogP contribution in [0.25, 0.3) is 93.2 Å². The molecule has 0 unspecified atom stereocenters. The van der Waals surface area contributed by atoms with E-state index in [1.165, 1.54) is 48.9 Å². The zero-order valence-corrected chi connectivity index (χ0v) is 32.1. The number of hydrogen-bond acceptors (Lipinski definition) is 2. The number of para-hydroxylation sites is 3. The summed E-state index contributed by atoms with van der Waals surface area (Å²) in [6, 6.07) is 78.7. The largest absolute Gasteiger partial charge is 0.455 e. The molecule has 0 aliphatic carbocycles. The van der Waals surface area contributed by atoms with Crippen LogP contribution in [0.4, 0.5) is 17.1 Å². The zero-order chi connectivity index (χ0) is 38.9. The minimum Gasteiger partial charge on any atom is -0.455 e. The molecule has 12 aromatic rings. The summed E-state index contributed by atoms with van der Waals surface area (Å²) in [7, 11) is 0. The SMILES string of the molecule is c1ccc(-c2ccc(N(c3ccc(-c4ccc5c6ccccc6n(-c6ccccc6)c5c4)cc3)c3ccc4c(ccc5ccccc54)c3)c3c2oc2ccccc23)cc1. The molecule has 10 aromatic carbocycles. The van der Waals surface area contributed by atoms with Crippen LogP contribution in [-0.4, -0.2) is 4.57 Å². The van der Waals surface area contributed by atoms with E-state index in [-0.39, 0.29) is 0 Å². The Morgan fingerprint density at radius 3 is 1.85 bits per heavy atom. The summed E-state index contributed by atoms with van der Waals surface area (Å²) in [5.41, 5.74) is 13.0. The van der Waals surface area contributed by atoms with Crippen molar-refractivity contribution >= 4 is 82.4 Å². The number of hydrogen-bond donors (Lipinski definition) is 0. The van der Waals surface area contributed by atoms with Crippen molar-refractivity contribution in [3.63, 3.8) is 0 Å². The Bertz CT molecular complexity index is 3540. The second kappa shape index (κ2) is 13.4. The quantitative estimate of drug-likeness (QED) is 0.158. The van der Waals surface area contributed by atoms with Crippen molar-refractivity contribution in [2.45, 2.75) is 0 Å². The lowest BCUT2D eigenvalue weighted by Gasteiger charge is -2.27. The van der Waals surface area contributed by atoms with Crippen molar-refractivity contribution in [2.75, 3.05) is 4.90 Å². The van der Waals surface area contributed by atoms with E-state index >= 15 is 0 Å². The Kier molecular flexibility index (Phi) is 7.54. The summed E-state index contributed by atoms with van der Waals surface area (Å²) in [4.78, 5) is 2.40. The van der Waals surface area contributed by atoms with E-state index in [0.717, 1.165) is 61.4 Å². The number of benzene rings is 10. The van der Waals surface area contributed by atoms with Gasteiger partial charge in [0.1, 0.15) is 11.2 Å². The maximum Gasteiger partial charge on any atom is 0.145 e. The number of furan rings is 1. The van der Waals surface area contributed by atoms with Gasteiger partial charge in [-0.25, -0.2) is 0 Å². The van der Waals surface area contributed by atoms with Gasteiger partial charge in [0, 0.05) is 38.8 Å². The standard InChI is InChI=1S/C56H36N2O/c1-3-13-38(14-4-1)47-33-34-52(55-50-20-10-12-22-54(50)59-56(47)55)57(44-30-32-46-41(35-44)24-23-39-15-7-8-18-45(39)46)43-28-25-37(26-29-43)40-27-31-49-48-19-9-11-21-51(48)58(53(49)36-40)42-16-5-2-6-17-42/h1-36H. The van der Waals surface area contributed by atoms with E-state index in [1.807, 2.05) is 6.07 Å². The van der Waals surface area contributed by atoms with Gasteiger partial charge < -0.3 is 13.9 Å². The summed E-state index contributed by atoms with van der Waals surface area (Å²) < 4.78 is 9.15. The molecule has 12 rings (SSSR count). The van der Waals surface area contributed by atoms with E-state index in [2.05, 4.69) is 222 Å². The van der Waals surface area contributed by atoms with Crippen LogP contribution in [0.3, 0.4) is 0 Å². The first-order valence-corrected chi connectivity index (χ1v) is 20.2. The van der Waals surface area contributed by atoms with Crippen molar-refractivity contribution in [2.24, 2.45) is 0 Å². The van der Waals surface area contributed by atoms with E-state index in [0.29, 0.717) is 0 Å². The highest BCUT2D eigenvalue weighted by molar-refractivity contribution is 6.18. The highest BCUT2D eigenvalue weighted by Gasteiger charge is 2.23. The zero-order valence-electron chi connectivity index (χ0n) is 32.1. The summed E-state index contributed by atoms with van der Waals surface area (Å²) in [5.74, 6) is 0. The maximum atomic E-state index is 6.77. The Morgan fingerprint density at radius 2 is 1.00 bits per heavy atom. The molecule has 59 heavy (non-hydrogen) atoms. The predicted molar refractivity (Wildman–Crippen MR) is 249 cm³/mol.